The molecule has 3 aromatic heterocycles. The zero-order valence-corrected chi connectivity index (χ0v) is 20.0. The Bertz CT molecular complexity index is 1500. The van der Waals surface area contributed by atoms with Gasteiger partial charge in [-0.1, -0.05) is 6.42 Å². The number of benzene rings is 1. The second kappa shape index (κ2) is 9.09. The van der Waals surface area contributed by atoms with Gasteiger partial charge in [0.2, 0.25) is 0 Å². The Morgan fingerprint density at radius 1 is 1.11 bits per heavy atom. The van der Waals surface area contributed by atoms with Gasteiger partial charge in [-0.05, 0) is 66.6 Å². The first-order valence-electron chi connectivity index (χ1n) is 11.4. The van der Waals surface area contributed by atoms with Crippen LogP contribution in [0, 0.1) is 11.6 Å². The first kappa shape index (κ1) is 23.5. The van der Waals surface area contributed by atoms with Crippen molar-refractivity contribution in [1.82, 2.24) is 19.6 Å². The van der Waals surface area contributed by atoms with Crippen LogP contribution in [0.25, 0.3) is 16.8 Å². The molecule has 3 heterocycles. The summed E-state index contributed by atoms with van der Waals surface area (Å²) in [6, 6.07) is 7.00. The summed E-state index contributed by atoms with van der Waals surface area (Å²) in [7, 11) is -3.76. The molecular formula is C25H25F2N5O2S. The minimum Gasteiger partial charge on any atom is -0.328 e. The molecule has 1 saturated carbocycles. The first-order valence-corrected chi connectivity index (χ1v) is 13.3. The molecule has 182 valence electrons. The molecule has 0 unspecified atom stereocenters. The van der Waals surface area contributed by atoms with Crippen molar-refractivity contribution in [2.24, 2.45) is 5.73 Å². The maximum atomic E-state index is 14.8. The van der Waals surface area contributed by atoms with Crippen molar-refractivity contribution in [1.29, 1.82) is 0 Å². The summed E-state index contributed by atoms with van der Waals surface area (Å²) in [4.78, 5) is 8.37. The van der Waals surface area contributed by atoms with E-state index in [0.29, 0.717) is 23.7 Å². The number of hydrogen-bond acceptors (Lipinski definition) is 6. The molecule has 0 bridgehead atoms. The second-order valence-corrected chi connectivity index (χ2v) is 11.2. The summed E-state index contributed by atoms with van der Waals surface area (Å²) >= 11 is 0. The standard InChI is InChI=1S/C25H25F2N5O2S/c1-35(33,34)19-11-21(26)25(22(27)12-19)23-6-5-18-14-30-24(32(18)31-23)10-16-13-29-8-7-20(16)15-3-2-4-17(28)9-15/h5-8,11-15,17H,2-4,9-10,28H2,1H3/t15-,17+/m1/s1. The van der Waals surface area contributed by atoms with Gasteiger partial charge in [0, 0.05) is 31.1 Å². The molecule has 35 heavy (non-hydrogen) atoms. The zero-order chi connectivity index (χ0) is 24.7. The molecule has 0 radical (unpaired) electrons. The third-order valence-electron chi connectivity index (χ3n) is 6.60. The largest absolute Gasteiger partial charge is 0.328 e. The molecule has 1 aliphatic rings. The van der Waals surface area contributed by atoms with E-state index in [2.05, 4.69) is 15.1 Å². The highest BCUT2D eigenvalue weighted by atomic mass is 32.2. The summed E-state index contributed by atoms with van der Waals surface area (Å²) in [6.07, 6.45) is 10.7. The van der Waals surface area contributed by atoms with Crippen molar-refractivity contribution in [3.05, 3.63) is 77.5 Å². The van der Waals surface area contributed by atoms with Gasteiger partial charge in [0.05, 0.1) is 27.9 Å². The highest BCUT2D eigenvalue weighted by Crippen LogP contribution is 2.34. The minimum absolute atomic E-state index is 0.0384. The van der Waals surface area contributed by atoms with E-state index in [1.165, 1.54) is 11.6 Å². The zero-order valence-electron chi connectivity index (χ0n) is 19.2. The van der Waals surface area contributed by atoms with Crippen LogP contribution in [0.4, 0.5) is 8.78 Å². The number of nitrogens with two attached hydrogens (primary N) is 1. The van der Waals surface area contributed by atoms with Crippen molar-refractivity contribution in [3.63, 3.8) is 0 Å². The van der Waals surface area contributed by atoms with Crippen LogP contribution in [-0.4, -0.2) is 40.3 Å². The molecule has 1 aromatic carbocycles. The van der Waals surface area contributed by atoms with E-state index in [0.717, 1.165) is 49.6 Å². The fourth-order valence-electron chi connectivity index (χ4n) is 4.86. The number of sulfone groups is 1. The van der Waals surface area contributed by atoms with Gasteiger partial charge < -0.3 is 5.73 Å². The van der Waals surface area contributed by atoms with Gasteiger partial charge in [-0.25, -0.2) is 26.7 Å². The number of nitrogens with zero attached hydrogens (tertiary/aromatic N) is 4. The van der Waals surface area contributed by atoms with Crippen LogP contribution in [0.5, 0.6) is 0 Å². The summed E-state index contributed by atoms with van der Waals surface area (Å²) in [5.41, 5.74) is 8.74. The summed E-state index contributed by atoms with van der Waals surface area (Å²) in [6.45, 7) is 0. The Morgan fingerprint density at radius 3 is 2.60 bits per heavy atom. The van der Waals surface area contributed by atoms with Gasteiger partial charge in [0.1, 0.15) is 17.5 Å². The van der Waals surface area contributed by atoms with E-state index in [9.17, 15) is 17.2 Å². The number of halogens is 2. The van der Waals surface area contributed by atoms with Gasteiger partial charge in [-0.15, -0.1) is 0 Å². The first-order chi connectivity index (χ1) is 16.7. The second-order valence-electron chi connectivity index (χ2n) is 9.14. The maximum Gasteiger partial charge on any atom is 0.175 e. The predicted molar refractivity (Wildman–Crippen MR) is 128 cm³/mol. The molecule has 0 saturated heterocycles. The summed E-state index contributed by atoms with van der Waals surface area (Å²) in [5.74, 6) is -1.04. The molecule has 2 atom stereocenters. The Kier molecular flexibility index (Phi) is 6.10. The average Bonchev–Trinajstić information content (AvgIpc) is 3.20. The van der Waals surface area contributed by atoms with Gasteiger partial charge >= 0.3 is 0 Å². The third-order valence-corrected chi connectivity index (χ3v) is 7.69. The molecule has 0 amide bonds. The Morgan fingerprint density at radius 2 is 1.89 bits per heavy atom. The van der Waals surface area contributed by atoms with Gasteiger partial charge in [0.25, 0.3) is 0 Å². The molecule has 1 fully saturated rings. The van der Waals surface area contributed by atoms with Crippen LogP contribution >= 0.6 is 0 Å². The van der Waals surface area contributed by atoms with Crippen molar-refractivity contribution >= 4 is 15.4 Å². The normalized spacial score (nSPS) is 18.7. The molecule has 1 aliphatic carbocycles. The van der Waals surface area contributed by atoms with Crippen molar-refractivity contribution in [2.75, 3.05) is 6.26 Å². The third kappa shape index (κ3) is 4.68. The van der Waals surface area contributed by atoms with Crippen LogP contribution in [0.15, 0.2) is 53.8 Å². The lowest BCUT2D eigenvalue weighted by Gasteiger charge is -2.28. The van der Waals surface area contributed by atoms with Gasteiger partial charge in [-0.3, -0.25) is 4.98 Å². The molecule has 4 aromatic rings. The number of pyridine rings is 1. The molecule has 0 aliphatic heterocycles. The molecule has 0 spiro atoms. The SMILES string of the molecule is CS(=O)(=O)c1cc(F)c(-c2ccc3cnc(Cc4cnccc4[C@@H]4CCC[C@H](N)C4)n3n2)c(F)c1. The van der Waals surface area contributed by atoms with Crippen LogP contribution in [0.2, 0.25) is 0 Å². The highest BCUT2D eigenvalue weighted by molar-refractivity contribution is 7.90. The summed E-state index contributed by atoms with van der Waals surface area (Å²) in [5, 5.41) is 4.45. The fraction of sp³-hybridized carbons (Fsp3) is 0.320. The monoisotopic (exact) mass is 497 g/mol. The van der Waals surface area contributed by atoms with E-state index < -0.39 is 31.9 Å². The number of aromatic nitrogens is 4. The van der Waals surface area contributed by atoms with Crippen molar-refractivity contribution < 1.29 is 17.2 Å². The number of rotatable bonds is 5. The Balaban J connectivity index is 1.53. The quantitative estimate of drug-likeness (QED) is 0.446. The smallest absolute Gasteiger partial charge is 0.175 e. The topological polar surface area (TPSA) is 103 Å². The van der Waals surface area contributed by atoms with Crippen LogP contribution in [-0.2, 0) is 16.3 Å². The van der Waals surface area contributed by atoms with Crippen LogP contribution in [0.1, 0.15) is 48.6 Å². The highest BCUT2D eigenvalue weighted by Gasteiger charge is 2.24. The van der Waals surface area contributed by atoms with E-state index >= 15 is 0 Å². The van der Waals surface area contributed by atoms with Crippen LogP contribution < -0.4 is 5.73 Å². The van der Waals surface area contributed by atoms with Crippen molar-refractivity contribution in [2.45, 2.75) is 49.0 Å². The fourth-order valence-corrected chi connectivity index (χ4v) is 5.50. The van der Waals surface area contributed by atoms with Gasteiger partial charge in [0.15, 0.2) is 9.84 Å². The maximum absolute atomic E-state index is 14.8. The Labute approximate surface area is 202 Å². The van der Waals surface area contributed by atoms with Gasteiger partial charge in [-0.2, -0.15) is 5.10 Å². The Hall–Kier alpha value is -3.24. The lowest BCUT2D eigenvalue weighted by Crippen LogP contribution is -2.27. The van der Waals surface area contributed by atoms with E-state index in [4.69, 9.17) is 5.73 Å². The molecule has 2 N–H and O–H groups in total. The van der Waals surface area contributed by atoms with E-state index in [-0.39, 0.29) is 11.7 Å². The average molecular weight is 498 g/mol. The molecule has 10 heteroatoms. The number of imidazole rings is 1. The molecule has 5 rings (SSSR count). The number of fused-ring (bicyclic) bond motifs is 1. The van der Waals surface area contributed by atoms with Crippen molar-refractivity contribution in [3.8, 4) is 11.3 Å². The van der Waals surface area contributed by atoms with Crippen LogP contribution in [0.3, 0.4) is 0 Å². The predicted octanol–water partition coefficient (Wildman–Crippen LogP) is 4.05. The van der Waals surface area contributed by atoms with E-state index in [1.54, 1.807) is 23.0 Å². The number of hydrogen-bond donors (Lipinski definition) is 1. The molecular weight excluding hydrogens is 472 g/mol. The molecule has 7 nitrogen and oxygen atoms in total. The minimum atomic E-state index is -3.76. The summed E-state index contributed by atoms with van der Waals surface area (Å²) < 4.78 is 54.6. The lowest BCUT2D eigenvalue weighted by atomic mass is 9.80. The van der Waals surface area contributed by atoms with E-state index in [1.807, 2.05) is 12.3 Å². The lowest BCUT2D eigenvalue weighted by molar-refractivity contribution is 0.392.